The minimum absolute atomic E-state index is 0.113. The molecule has 0 aliphatic heterocycles. The summed E-state index contributed by atoms with van der Waals surface area (Å²) >= 11 is 1.60. The van der Waals surface area contributed by atoms with Crippen molar-refractivity contribution in [2.24, 2.45) is 7.05 Å². The Balaban J connectivity index is 1.56. The second kappa shape index (κ2) is 5.36. The van der Waals surface area contributed by atoms with E-state index in [-0.39, 0.29) is 5.91 Å². The predicted molar refractivity (Wildman–Crippen MR) is 97.3 cm³/mol. The Labute approximate surface area is 149 Å². The van der Waals surface area contributed by atoms with Crippen LogP contribution in [0.15, 0.2) is 6.07 Å². The van der Waals surface area contributed by atoms with E-state index in [0.29, 0.717) is 16.6 Å². The molecule has 2 aliphatic carbocycles. The second-order valence-electron chi connectivity index (χ2n) is 6.97. The van der Waals surface area contributed by atoms with Crippen molar-refractivity contribution in [3.05, 3.63) is 33.6 Å². The molecule has 7 heteroatoms. The molecule has 128 valence electrons. The molecule has 1 amide bonds. The Hall–Kier alpha value is -2.28. The van der Waals surface area contributed by atoms with Crippen LogP contribution in [0.25, 0.3) is 11.0 Å². The van der Waals surface area contributed by atoms with Gasteiger partial charge in [0.25, 0.3) is 5.91 Å². The SMILES string of the molecule is Cc1nn(C)c2nc(C3CC3)cc(C(=O)Nc3nc4c(s3)CCC4)c12. The molecule has 1 saturated carbocycles. The largest absolute Gasteiger partial charge is 0.298 e. The molecule has 0 aromatic carbocycles. The molecule has 5 rings (SSSR count). The summed E-state index contributed by atoms with van der Waals surface area (Å²) in [7, 11) is 1.88. The monoisotopic (exact) mass is 353 g/mol. The maximum Gasteiger partial charge on any atom is 0.258 e. The summed E-state index contributed by atoms with van der Waals surface area (Å²) in [5.74, 6) is 0.368. The molecule has 0 atom stereocenters. The summed E-state index contributed by atoms with van der Waals surface area (Å²) in [6, 6.07) is 1.95. The molecule has 1 fully saturated rings. The van der Waals surface area contributed by atoms with Gasteiger partial charge in [0.15, 0.2) is 10.8 Å². The van der Waals surface area contributed by atoms with Crippen molar-refractivity contribution < 1.29 is 4.79 Å². The van der Waals surface area contributed by atoms with Gasteiger partial charge in [-0.25, -0.2) is 9.97 Å². The van der Waals surface area contributed by atoms with E-state index in [1.165, 1.54) is 11.3 Å². The Kier molecular flexibility index (Phi) is 3.22. The van der Waals surface area contributed by atoms with Crippen LogP contribution in [0.1, 0.15) is 57.5 Å². The number of nitrogens with zero attached hydrogens (tertiary/aromatic N) is 4. The van der Waals surface area contributed by atoms with Crippen LogP contribution in [-0.4, -0.2) is 25.7 Å². The number of carbonyl (C=O) groups excluding carboxylic acids is 1. The Morgan fingerprint density at radius 2 is 2.16 bits per heavy atom. The molecule has 0 saturated heterocycles. The lowest BCUT2D eigenvalue weighted by Gasteiger charge is -2.07. The van der Waals surface area contributed by atoms with Crippen LogP contribution in [0.4, 0.5) is 5.13 Å². The summed E-state index contributed by atoms with van der Waals surface area (Å²) < 4.78 is 1.77. The molecular weight excluding hydrogens is 334 g/mol. The van der Waals surface area contributed by atoms with Crippen molar-refractivity contribution in [1.82, 2.24) is 19.7 Å². The van der Waals surface area contributed by atoms with Crippen molar-refractivity contribution in [2.45, 2.75) is 44.9 Å². The van der Waals surface area contributed by atoms with E-state index in [2.05, 4.69) is 15.4 Å². The number of aryl methyl sites for hydroxylation is 4. The van der Waals surface area contributed by atoms with E-state index in [4.69, 9.17) is 4.98 Å². The molecule has 2 aliphatic rings. The van der Waals surface area contributed by atoms with Gasteiger partial charge in [0.1, 0.15) is 0 Å². The second-order valence-corrected chi connectivity index (χ2v) is 8.06. The van der Waals surface area contributed by atoms with E-state index in [1.807, 2.05) is 20.0 Å². The number of anilines is 1. The normalized spacial score (nSPS) is 16.4. The smallest absolute Gasteiger partial charge is 0.258 e. The number of hydrogen-bond donors (Lipinski definition) is 1. The van der Waals surface area contributed by atoms with Crippen molar-refractivity contribution in [3.63, 3.8) is 0 Å². The molecule has 0 bridgehead atoms. The van der Waals surface area contributed by atoms with Crippen LogP contribution in [0, 0.1) is 6.92 Å². The summed E-state index contributed by atoms with van der Waals surface area (Å²) in [4.78, 5) is 23.7. The third kappa shape index (κ3) is 2.45. The molecule has 3 aromatic rings. The fraction of sp³-hybridized carbons (Fsp3) is 0.444. The van der Waals surface area contributed by atoms with Crippen LogP contribution in [0.3, 0.4) is 0 Å². The van der Waals surface area contributed by atoms with Gasteiger partial charge in [-0.1, -0.05) is 0 Å². The molecule has 1 N–H and O–H groups in total. The lowest BCUT2D eigenvalue weighted by molar-refractivity contribution is 0.102. The van der Waals surface area contributed by atoms with Crippen molar-refractivity contribution >= 4 is 33.4 Å². The van der Waals surface area contributed by atoms with E-state index in [1.54, 1.807) is 16.0 Å². The number of fused-ring (bicyclic) bond motifs is 2. The van der Waals surface area contributed by atoms with E-state index >= 15 is 0 Å². The molecule has 0 unspecified atom stereocenters. The summed E-state index contributed by atoms with van der Waals surface area (Å²) in [5, 5.41) is 9.01. The first-order chi connectivity index (χ1) is 12.1. The highest BCUT2D eigenvalue weighted by Gasteiger charge is 2.29. The van der Waals surface area contributed by atoms with E-state index in [0.717, 1.165) is 53.8 Å². The zero-order chi connectivity index (χ0) is 17.1. The fourth-order valence-electron chi connectivity index (χ4n) is 3.64. The number of hydrogen-bond acceptors (Lipinski definition) is 5. The van der Waals surface area contributed by atoms with Gasteiger partial charge in [0.2, 0.25) is 0 Å². The first kappa shape index (κ1) is 15.0. The Morgan fingerprint density at radius 3 is 2.92 bits per heavy atom. The summed E-state index contributed by atoms with van der Waals surface area (Å²) in [5.41, 5.74) is 4.43. The summed E-state index contributed by atoms with van der Waals surface area (Å²) in [6.45, 7) is 1.93. The van der Waals surface area contributed by atoms with Crippen LogP contribution in [-0.2, 0) is 19.9 Å². The van der Waals surface area contributed by atoms with Crippen LogP contribution in [0.5, 0.6) is 0 Å². The minimum atomic E-state index is -0.113. The standard InChI is InChI=1S/C18H19N5OS/c1-9-15-11(8-13(10-6-7-10)19-16(15)23(2)22-9)17(24)21-18-20-12-4-3-5-14(12)25-18/h8,10H,3-7H2,1-2H3,(H,20,21,24). The lowest BCUT2D eigenvalue weighted by atomic mass is 10.1. The molecule has 3 heterocycles. The molecule has 0 spiro atoms. The third-order valence-corrected chi connectivity index (χ3v) is 6.12. The molecule has 0 radical (unpaired) electrons. The minimum Gasteiger partial charge on any atom is -0.298 e. The average Bonchev–Trinajstić information content (AvgIpc) is 3.14. The van der Waals surface area contributed by atoms with Crippen LogP contribution in [0.2, 0.25) is 0 Å². The number of rotatable bonds is 3. The molecular formula is C18H19N5OS. The van der Waals surface area contributed by atoms with Crippen LogP contribution < -0.4 is 5.32 Å². The van der Waals surface area contributed by atoms with Crippen molar-refractivity contribution in [1.29, 1.82) is 0 Å². The highest BCUT2D eigenvalue weighted by atomic mass is 32.1. The third-order valence-electron chi connectivity index (χ3n) is 5.04. The topological polar surface area (TPSA) is 72.7 Å². The average molecular weight is 353 g/mol. The number of aromatic nitrogens is 4. The number of carbonyl (C=O) groups is 1. The maximum atomic E-state index is 13.0. The zero-order valence-electron chi connectivity index (χ0n) is 14.3. The molecule has 6 nitrogen and oxygen atoms in total. The summed E-state index contributed by atoms with van der Waals surface area (Å²) in [6.07, 6.45) is 5.57. The Bertz CT molecular complexity index is 993. The van der Waals surface area contributed by atoms with Gasteiger partial charge in [-0.2, -0.15) is 5.10 Å². The first-order valence-electron chi connectivity index (χ1n) is 8.74. The number of pyridine rings is 1. The van der Waals surface area contributed by atoms with Gasteiger partial charge in [0.05, 0.1) is 22.3 Å². The Morgan fingerprint density at radius 1 is 1.32 bits per heavy atom. The number of amides is 1. The first-order valence-corrected chi connectivity index (χ1v) is 9.56. The van der Waals surface area contributed by atoms with Gasteiger partial charge in [-0.15, -0.1) is 11.3 Å². The zero-order valence-corrected chi connectivity index (χ0v) is 15.1. The van der Waals surface area contributed by atoms with Crippen LogP contribution >= 0.6 is 11.3 Å². The van der Waals surface area contributed by atoms with Gasteiger partial charge >= 0.3 is 0 Å². The fourth-order valence-corrected chi connectivity index (χ4v) is 4.68. The highest BCUT2D eigenvalue weighted by molar-refractivity contribution is 7.16. The molecule has 3 aromatic heterocycles. The van der Waals surface area contributed by atoms with E-state index < -0.39 is 0 Å². The number of thiazole rings is 1. The predicted octanol–water partition coefficient (Wildman–Crippen LogP) is 3.35. The lowest BCUT2D eigenvalue weighted by Crippen LogP contribution is -2.13. The van der Waals surface area contributed by atoms with Crippen molar-refractivity contribution in [3.8, 4) is 0 Å². The maximum absolute atomic E-state index is 13.0. The van der Waals surface area contributed by atoms with Gasteiger partial charge in [-0.3, -0.25) is 14.8 Å². The highest BCUT2D eigenvalue weighted by Crippen LogP contribution is 2.40. The quantitative estimate of drug-likeness (QED) is 0.784. The molecule has 25 heavy (non-hydrogen) atoms. The van der Waals surface area contributed by atoms with Gasteiger partial charge < -0.3 is 0 Å². The number of nitrogens with one attached hydrogen (secondary N) is 1. The van der Waals surface area contributed by atoms with Crippen molar-refractivity contribution in [2.75, 3.05) is 5.32 Å². The van der Waals surface area contributed by atoms with Gasteiger partial charge in [-0.05, 0) is 45.1 Å². The van der Waals surface area contributed by atoms with E-state index in [9.17, 15) is 4.79 Å². The van der Waals surface area contributed by atoms with Gasteiger partial charge in [0, 0.05) is 23.5 Å².